The van der Waals surface area contributed by atoms with Crippen molar-refractivity contribution < 1.29 is 19.7 Å². The van der Waals surface area contributed by atoms with Crippen molar-refractivity contribution in [1.29, 1.82) is 0 Å². The first-order valence-electron chi connectivity index (χ1n) is 20.1. The Morgan fingerprint density at radius 1 is 0.415 bits per heavy atom. The summed E-state index contributed by atoms with van der Waals surface area (Å²) < 4.78 is 10.5. The molecule has 0 atom stereocenters. The van der Waals surface area contributed by atoms with Gasteiger partial charge in [-0.2, -0.15) is 0 Å². The third-order valence-corrected chi connectivity index (χ3v) is 10.1. The maximum atomic E-state index is 10.7. The molecule has 2 N–H and O–H groups in total. The second kappa shape index (κ2) is 27.0. The number of hydrogen-bond donors (Lipinski definition) is 2. The molecule has 0 bridgehead atoms. The molecule has 1 aromatic carbocycles. The second-order valence-corrected chi connectivity index (χ2v) is 15.5. The molecule has 0 fully saturated rings. The van der Waals surface area contributed by atoms with Gasteiger partial charge >= 0.3 is 0 Å². The number of benzene rings is 1. The van der Waals surface area contributed by atoms with Gasteiger partial charge in [-0.05, 0) is 166 Å². The lowest BCUT2D eigenvalue weighted by molar-refractivity contribution is 0.314. The number of phenolic OH excluding ortho intramolecular Hbond substituents is 2. The average Bonchev–Trinajstić information content (AvgIpc) is 3.09. The zero-order chi connectivity index (χ0) is 39.8. The molecular weight excluding hydrogens is 653 g/mol. The van der Waals surface area contributed by atoms with Gasteiger partial charge < -0.3 is 19.7 Å². The minimum absolute atomic E-state index is 0.00661. The molecule has 0 radical (unpaired) electrons. The minimum atomic E-state index is 0.00661. The van der Waals surface area contributed by atoms with E-state index in [9.17, 15) is 10.2 Å². The number of allylic oxidation sites excluding steroid dienone is 16. The maximum absolute atomic E-state index is 10.7. The summed E-state index contributed by atoms with van der Waals surface area (Å²) in [6.45, 7) is 21.9. The SMILES string of the molecule is COc1c(O)c(C)c(C/C=C(\C)CC/C=C(\C)CC/C=C(/C)CC/C=C(\C)CC/C=C(\C)CC/C=C(\C)CC/C=C(\C)CCC=C(C)C)c(O)c1OC. The van der Waals surface area contributed by atoms with Gasteiger partial charge in [-0.25, -0.2) is 0 Å². The van der Waals surface area contributed by atoms with Gasteiger partial charge in [0.2, 0.25) is 11.5 Å². The largest absolute Gasteiger partial charge is 0.504 e. The first kappa shape index (κ1) is 47.4. The van der Waals surface area contributed by atoms with Crippen molar-refractivity contribution in [2.75, 3.05) is 14.2 Å². The normalized spacial score (nSPS) is 13.8. The van der Waals surface area contributed by atoms with Crippen molar-refractivity contribution in [1.82, 2.24) is 0 Å². The number of ether oxygens (including phenoxy) is 2. The predicted octanol–water partition coefficient (Wildman–Crippen LogP) is 15.0. The third-order valence-electron chi connectivity index (χ3n) is 10.1. The van der Waals surface area contributed by atoms with Gasteiger partial charge in [0.1, 0.15) is 0 Å². The van der Waals surface area contributed by atoms with E-state index < -0.39 is 0 Å². The fourth-order valence-electron chi connectivity index (χ4n) is 6.33. The molecule has 1 rings (SSSR count). The van der Waals surface area contributed by atoms with E-state index in [0.29, 0.717) is 17.5 Å². The molecule has 0 aliphatic rings. The molecule has 0 saturated heterocycles. The lowest BCUT2D eigenvalue weighted by Crippen LogP contribution is -1.98. The smallest absolute Gasteiger partial charge is 0.207 e. The molecule has 0 unspecified atom stereocenters. The summed E-state index contributed by atoms with van der Waals surface area (Å²) >= 11 is 0. The van der Waals surface area contributed by atoms with Gasteiger partial charge in [0.25, 0.3) is 0 Å². The zero-order valence-corrected chi connectivity index (χ0v) is 35.9. The van der Waals surface area contributed by atoms with Crippen LogP contribution in [-0.2, 0) is 6.42 Å². The highest BCUT2D eigenvalue weighted by molar-refractivity contribution is 5.66. The molecule has 53 heavy (non-hydrogen) atoms. The fraction of sp³-hybridized carbons (Fsp3) is 0.551. The highest BCUT2D eigenvalue weighted by atomic mass is 16.5. The van der Waals surface area contributed by atoms with Crippen molar-refractivity contribution in [2.24, 2.45) is 0 Å². The van der Waals surface area contributed by atoms with Crippen molar-refractivity contribution in [3.8, 4) is 23.0 Å². The molecule has 4 heteroatoms. The van der Waals surface area contributed by atoms with E-state index in [0.717, 1.165) is 77.0 Å². The van der Waals surface area contributed by atoms with Crippen molar-refractivity contribution >= 4 is 0 Å². The summed E-state index contributed by atoms with van der Waals surface area (Å²) in [5.74, 6) is 0.357. The molecule has 0 saturated carbocycles. The van der Waals surface area contributed by atoms with E-state index >= 15 is 0 Å². The summed E-state index contributed by atoms with van der Waals surface area (Å²) in [6.07, 6.45) is 35.1. The first-order valence-corrected chi connectivity index (χ1v) is 20.1. The standard InChI is InChI=1S/C49H76O4/c1-36(2)20-13-21-37(3)22-14-23-38(4)24-15-25-39(5)26-16-27-40(6)28-17-29-41(7)30-18-31-42(8)32-19-33-43(9)34-35-45-44(10)46(50)48(52-11)49(53-12)47(45)51/h20,22,24,26,28,30,32,34,50-51H,13-19,21,23,25,27,29,31,33,35H2,1-12H3/b37-22+,38-24+,39-26+,40-28+,41-30-,42-32+,43-34+. The summed E-state index contributed by atoms with van der Waals surface area (Å²) in [4.78, 5) is 0. The van der Waals surface area contributed by atoms with Gasteiger partial charge in [-0.15, -0.1) is 0 Å². The lowest BCUT2D eigenvalue weighted by Gasteiger charge is -2.17. The summed E-state index contributed by atoms with van der Waals surface area (Å²) in [6, 6.07) is 0. The van der Waals surface area contributed by atoms with E-state index in [1.807, 2.05) is 0 Å². The average molecular weight is 729 g/mol. The molecule has 0 aliphatic carbocycles. The van der Waals surface area contributed by atoms with E-state index in [1.54, 1.807) is 6.92 Å². The molecule has 0 amide bonds. The van der Waals surface area contributed by atoms with Gasteiger partial charge in [0.15, 0.2) is 11.5 Å². The molecular formula is C49H76O4. The predicted molar refractivity (Wildman–Crippen MR) is 232 cm³/mol. The number of rotatable bonds is 25. The molecule has 0 spiro atoms. The van der Waals surface area contributed by atoms with Crippen LogP contribution in [0, 0.1) is 6.92 Å². The number of methoxy groups -OCH3 is 2. The highest BCUT2D eigenvalue weighted by Gasteiger charge is 2.22. The molecule has 0 heterocycles. The Hall–Kier alpha value is -3.66. The summed E-state index contributed by atoms with van der Waals surface area (Å²) in [5, 5.41) is 21.2. The molecule has 0 aliphatic heterocycles. The van der Waals surface area contributed by atoms with E-state index in [-0.39, 0.29) is 23.0 Å². The Labute approximate surface area is 325 Å². The molecule has 296 valence electrons. The van der Waals surface area contributed by atoms with Crippen LogP contribution >= 0.6 is 0 Å². The Morgan fingerprint density at radius 2 is 0.679 bits per heavy atom. The Morgan fingerprint density at radius 3 is 0.962 bits per heavy atom. The van der Waals surface area contributed by atoms with Crippen LogP contribution in [-0.4, -0.2) is 24.4 Å². The minimum Gasteiger partial charge on any atom is -0.504 e. The van der Waals surface area contributed by atoms with E-state index in [1.165, 1.54) is 71.6 Å². The first-order chi connectivity index (χ1) is 25.2. The number of phenols is 2. The molecule has 0 aromatic heterocycles. The van der Waals surface area contributed by atoms with E-state index in [2.05, 4.69) is 111 Å². The van der Waals surface area contributed by atoms with Crippen molar-refractivity contribution in [3.05, 3.63) is 104 Å². The van der Waals surface area contributed by atoms with Crippen LogP contribution in [0.1, 0.15) is 163 Å². The number of hydrogen-bond acceptors (Lipinski definition) is 4. The molecule has 4 nitrogen and oxygen atoms in total. The Bertz CT molecular complexity index is 1520. The number of aromatic hydroxyl groups is 2. The van der Waals surface area contributed by atoms with Crippen molar-refractivity contribution in [3.63, 3.8) is 0 Å². The monoisotopic (exact) mass is 729 g/mol. The van der Waals surface area contributed by atoms with Gasteiger partial charge in [0.05, 0.1) is 14.2 Å². The lowest BCUT2D eigenvalue weighted by atomic mass is 9.99. The maximum Gasteiger partial charge on any atom is 0.207 e. The topological polar surface area (TPSA) is 58.9 Å². The Kier molecular flexibility index (Phi) is 24.1. The van der Waals surface area contributed by atoms with Crippen LogP contribution in [0.3, 0.4) is 0 Å². The van der Waals surface area contributed by atoms with Crippen LogP contribution in [0.15, 0.2) is 93.2 Å². The van der Waals surface area contributed by atoms with Crippen LogP contribution in [0.4, 0.5) is 0 Å². The summed E-state index contributed by atoms with van der Waals surface area (Å²) in [7, 11) is 2.91. The molecule has 1 aromatic rings. The highest BCUT2D eigenvalue weighted by Crippen LogP contribution is 2.48. The summed E-state index contributed by atoms with van der Waals surface area (Å²) in [5.41, 5.74) is 12.9. The van der Waals surface area contributed by atoms with E-state index in [4.69, 9.17) is 9.47 Å². The quantitative estimate of drug-likeness (QED) is 0.0777. The van der Waals surface area contributed by atoms with Gasteiger partial charge in [-0.1, -0.05) is 93.2 Å². The fourth-order valence-corrected chi connectivity index (χ4v) is 6.33. The van der Waals surface area contributed by atoms with Gasteiger partial charge in [0, 0.05) is 11.1 Å². The Balaban J connectivity index is 2.36. The third kappa shape index (κ3) is 20.4. The zero-order valence-electron chi connectivity index (χ0n) is 35.9. The van der Waals surface area contributed by atoms with Crippen LogP contribution in [0.2, 0.25) is 0 Å². The van der Waals surface area contributed by atoms with Crippen molar-refractivity contribution in [2.45, 2.75) is 166 Å². The second-order valence-electron chi connectivity index (χ2n) is 15.5. The van der Waals surface area contributed by atoms with Crippen LogP contribution < -0.4 is 9.47 Å². The van der Waals surface area contributed by atoms with Crippen LogP contribution in [0.5, 0.6) is 23.0 Å². The van der Waals surface area contributed by atoms with Gasteiger partial charge in [-0.3, -0.25) is 0 Å². The van der Waals surface area contributed by atoms with Crippen LogP contribution in [0.25, 0.3) is 0 Å².